The summed E-state index contributed by atoms with van der Waals surface area (Å²) < 4.78 is 24.9. The van der Waals surface area contributed by atoms with E-state index in [9.17, 15) is 8.42 Å². The lowest BCUT2D eigenvalue weighted by Crippen LogP contribution is -2.13. The molecule has 0 unspecified atom stereocenters. The second-order valence-electron chi connectivity index (χ2n) is 5.62. The first kappa shape index (κ1) is 15.0. The molecule has 0 radical (unpaired) electrons. The summed E-state index contributed by atoms with van der Waals surface area (Å²) in [7, 11) is -3.42. The van der Waals surface area contributed by atoms with E-state index in [0.29, 0.717) is 12.1 Å². The lowest BCUT2D eigenvalue weighted by molar-refractivity contribution is 0.269. The Labute approximate surface area is 108 Å². The normalized spacial score (nSPS) is 12.9. The summed E-state index contributed by atoms with van der Waals surface area (Å²) in [6.07, 6.45) is 1.63. The maximum atomic E-state index is 11.8. The van der Waals surface area contributed by atoms with Gasteiger partial charge in [0.25, 0.3) is 0 Å². The van der Waals surface area contributed by atoms with Crippen LogP contribution in [-0.2, 0) is 22.8 Å². The van der Waals surface area contributed by atoms with Crippen molar-refractivity contribution in [3.8, 4) is 0 Å². The number of hydrogen-bond acceptors (Lipinski definition) is 5. The molecule has 18 heavy (non-hydrogen) atoms. The van der Waals surface area contributed by atoms with Gasteiger partial charge in [0, 0.05) is 6.26 Å². The molecule has 6 nitrogen and oxygen atoms in total. The Kier molecular flexibility index (Phi) is 4.07. The molecule has 1 aromatic rings. The average molecular weight is 275 g/mol. The second-order valence-corrected chi connectivity index (χ2v) is 7.57. The fourth-order valence-electron chi connectivity index (χ4n) is 1.80. The molecule has 0 saturated heterocycles. The Morgan fingerprint density at radius 1 is 1.39 bits per heavy atom. The SMILES string of the molecule is CC(C)(C)Cc1nn(CCO)c(N)c1S(C)(=O)=O. The molecule has 0 aliphatic heterocycles. The number of sulfone groups is 1. The molecule has 0 aromatic carbocycles. The van der Waals surface area contributed by atoms with Crippen molar-refractivity contribution in [3.63, 3.8) is 0 Å². The number of aliphatic hydroxyl groups is 1. The summed E-state index contributed by atoms with van der Waals surface area (Å²) in [5, 5.41) is 13.1. The van der Waals surface area contributed by atoms with Crippen LogP contribution in [0.1, 0.15) is 26.5 Å². The van der Waals surface area contributed by atoms with Crippen LogP contribution in [0.3, 0.4) is 0 Å². The minimum absolute atomic E-state index is 0.0888. The van der Waals surface area contributed by atoms with Gasteiger partial charge in [0.15, 0.2) is 9.84 Å². The van der Waals surface area contributed by atoms with E-state index in [0.717, 1.165) is 6.26 Å². The number of aromatic nitrogens is 2. The molecule has 1 rings (SSSR count). The summed E-state index contributed by atoms with van der Waals surface area (Å²) >= 11 is 0. The summed E-state index contributed by atoms with van der Waals surface area (Å²) in [6.45, 7) is 6.06. The van der Waals surface area contributed by atoms with Crippen molar-refractivity contribution in [2.75, 3.05) is 18.6 Å². The molecule has 104 valence electrons. The van der Waals surface area contributed by atoms with Gasteiger partial charge >= 0.3 is 0 Å². The average Bonchev–Trinajstić information content (AvgIpc) is 2.39. The van der Waals surface area contributed by atoms with Gasteiger partial charge in [-0.2, -0.15) is 5.10 Å². The van der Waals surface area contributed by atoms with Crippen LogP contribution in [-0.4, -0.2) is 36.2 Å². The van der Waals surface area contributed by atoms with Gasteiger partial charge in [-0.3, -0.25) is 0 Å². The van der Waals surface area contributed by atoms with Crippen molar-refractivity contribution < 1.29 is 13.5 Å². The lowest BCUT2D eigenvalue weighted by atomic mass is 9.91. The lowest BCUT2D eigenvalue weighted by Gasteiger charge is -2.16. The number of hydrogen-bond donors (Lipinski definition) is 2. The summed E-state index contributed by atoms with van der Waals surface area (Å²) in [5.41, 5.74) is 6.18. The first-order valence-corrected chi connectivity index (χ1v) is 7.61. The highest BCUT2D eigenvalue weighted by atomic mass is 32.2. The third-order valence-electron chi connectivity index (χ3n) is 2.39. The Hall–Kier alpha value is -1.08. The smallest absolute Gasteiger partial charge is 0.181 e. The number of nitrogens with zero attached hydrogens (tertiary/aromatic N) is 2. The maximum absolute atomic E-state index is 11.8. The zero-order valence-electron chi connectivity index (χ0n) is 11.3. The molecule has 0 spiro atoms. The van der Waals surface area contributed by atoms with E-state index in [1.807, 2.05) is 20.8 Å². The van der Waals surface area contributed by atoms with Gasteiger partial charge in [0.1, 0.15) is 10.7 Å². The van der Waals surface area contributed by atoms with Crippen molar-refractivity contribution in [1.29, 1.82) is 0 Å². The van der Waals surface area contributed by atoms with Crippen LogP contribution >= 0.6 is 0 Å². The van der Waals surface area contributed by atoms with Crippen LogP contribution in [0, 0.1) is 5.41 Å². The molecule has 0 fully saturated rings. The van der Waals surface area contributed by atoms with E-state index in [1.54, 1.807) is 0 Å². The van der Waals surface area contributed by atoms with Gasteiger partial charge < -0.3 is 10.8 Å². The molecular formula is C11H21N3O3S. The molecule has 0 aliphatic carbocycles. The van der Waals surface area contributed by atoms with E-state index in [2.05, 4.69) is 5.10 Å². The van der Waals surface area contributed by atoms with E-state index in [-0.39, 0.29) is 29.3 Å². The third kappa shape index (κ3) is 3.46. The number of rotatable bonds is 4. The zero-order chi connectivity index (χ0) is 14.1. The van der Waals surface area contributed by atoms with E-state index < -0.39 is 9.84 Å². The largest absolute Gasteiger partial charge is 0.394 e. The highest BCUT2D eigenvalue weighted by Crippen LogP contribution is 2.28. The monoisotopic (exact) mass is 275 g/mol. The van der Waals surface area contributed by atoms with Crippen LogP contribution in [0.25, 0.3) is 0 Å². The summed E-state index contributed by atoms with van der Waals surface area (Å²) in [6, 6.07) is 0. The fourth-order valence-corrected chi connectivity index (χ4v) is 2.82. The molecule has 0 amide bonds. The Balaban J connectivity index is 3.36. The molecule has 0 aliphatic rings. The Morgan fingerprint density at radius 3 is 2.33 bits per heavy atom. The van der Waals surface area contributed by atoms with Crippen molar-refractivity contribution >= 4 is 15.7 Å². The highest BCUT2D eigenvalue weighted by Gasteiger charge is 2.26. The molecule has 0 bridgehead atoms. The Morgan fingerprint density at radius 2 is 1.94 bits per heavy atom. The van der Waals surface area contributed by atoms with Gasteiger partial charge in [-0.25, -0.2) is 13.1 Å². The molecule has 1 heterocycles. The number of anilines is 1. The van der Waals surface area contributed by atoms with Crippen molar-refractivity contribution in [2.24, 2.45) is 5.41 Å². The number of aliphatic hydroxyl groups excluding tert-OH is 1. The molecule has 7 heteroatoms. The van der Waals surface area contributed by atoms with E-state index in [4.69, 9.17) is 10.8 Å². The quantitative estimate of drug-likeness (QED) is 0.831. The zero-order valence-corrected chi connectivity index (χ0v) is 12.1. The topological polar surface area (TPSA) is 98.2 Å². The summed E-state index contributed by atoms with van der Waals surface area (Å²) in [4.78, 5) is 0.0888. The van der Waals surface area contributed by atoms with Crippen LogP contribution < -0.4 is 5.73 Å². The van der Waals surface area contributed by atoms with Gasteiger partial charge in [0.05, 0.1) is 18.8 Å². The maximum Gasteiger partial charge on any atom is 0.181 e. The van der Waals surface area contributed by atoms with Crippen molar-refractivity contribution in [1.82, 2.24) is 9.78 Å². The molecule has 0 saturated carbocycles. The van der Waals surface area contributed by atoms with Gasteiger partial charge in [-0.1, -0.05) is 20.8 Å². The van der Waals surface area contributed by atoms with Crippen LogP contribution in [0.15, 0.2) is 4.90 Å². The molecule has 3 N–H and O–H groups in total. The minimum Gasteiger partial charge on any atom is -0.394 e. The molecular weight excluding hydrogens is 254 g/mol. The van der Waals surface area contributed by atoms with Crippen LogP contribution in [0.4, 0.5) is 5.82 Å². The van der Waals surface area contributed by atoms with E-state index in [1.165, 1.54) is 4.68 Å². The van der Waals surface area contributed by atoms with E-state index >= 15 is 0 Å². The number of nitrogens with two attached hydrogens (primary N) is 1. The van der Waals surface area contributed by atoms with Crippen LogP contribution in [0.5, 0.6) is 0 Å². The minimum atomic E-state index is -3.42. The second kappa shape index (κ2) is 4.89. The first-order valence-electron chi connectivity index (χ1n) is 5.72. The number of nitrogen functional groups attached to an aromatic ring is 1. The first-order chi connectivity index (χ1) is 8.06. The van der Waals surface area contributed by atoms with Gasteiger partial charge in [-0.05, 0) is 11.8 Å². The fraction of sp³-hybridized carbons (Fsp3) is 0.727. The highest BCUT2D eigenvalue weighted by molar-refractivity contribution is 7.91. The van der Waals surface area contributed by atoms with Crippen molar-refractivity contribution in [2.45, 2.75) is 38.6 Å². The summed E-state index contributed by atoms with van der Waals surface area (Å²) in [5.74, 6) is 0.103. The standard InChI is InChI=1S/C11H21N3O3S/c1-11(2,3)7-8-9(18(4,16)17)10(12)14(13-8)5-6-15/h15H,5-7,12H2,1-4H3. The predicted octanol–water partition coefficient (Wildman–Crippen LogP) is 0.450. The molecule has 1 aromatic heterocycles. The molecule has 0 atom stereocenters. The predicted molar refractivity (Wildman–Crippen MR) is 70.0 cm³/mol. The van der Waals surface area contributed by atoms with Crippen molar-refractivity contribution in [3.05, 3.63) is 5.69 Å². The Bertz CT molecular complexity index is 526. The van der Waals surface area contributed by atoms with Gasteiger partial charge in [0.2, 0.25) is 0 Å². The third-order valence-corrected chi connectivity index (χ3v) is 3.58. The van der Waals surface area contributed by atoms with Gasteiger partial charge in [-0.15, -0.1) is 0 Å². The van der Waals surface area contributed by atoms with Crippen LogP contribution in [0.2, 0.25) is 0 Å².